The van der Waals surface area contributed by atoms with Crippen molar-refractivity contribution in [3.05, 3.63) is 0 Å². The number of hydrogen-bond donors (Lipinski definition) is 2. The Morgan fingerprint density at radius 3 is 2.06 bits per heavy atom. The molecule has 0 aromatic heterocycles. The summed E-state index contributed by atoms with van der Waals surface area (Å²) in [6.45, 7) is 3.76. The Hall–Kier alpha value is -0.570. The van der Waals surface area contributed by atoms with Crippen molar-refractivity contribution in [3.63, 3.8) is 0 Å². The first-order valence-corrected chi connectivity index (χ1v) is 6.50. The maximum absolute atomic E-state index is 10.6. The molecule has 3 nitrogen and oxygen atoms in total. The van der Waals surface area contributed by atoms with E-state index < -0.39 is 18.0 Å². The molecule has 0 saturated carbocycles. The van der Waals surface area contributed by atoms with E-state index in [0.717, 1.165) is 12.8 Å². The first-order chi connectivity index (χ1) is 7.59. The molecule has 2 N–H and O–H groups in total. The number of hydrogen-bond acceptors (Lipinski definition) is 2. The van der Waals surface area contributed by atoms with Gasteiger partial charge in [0.15, 0.2) is 0 Å². The zero-order valence-corrected chi connectivity index (χ0v) is 10.6. The van der Waals surface area contributed by atoms with Crippen LogP contribution in [0.5, 0.6) is 0 Å². The number of carboxylic acids is 1. The first-order valence-electron chi connectivity index (χ1n) is 6.50. The largest absolute Gasteiger partial charge is 0.481 e. The fourth-order valence-corrected chi connectivity index (χ4v) is 1.73. The third-order valence-electron chi connectivity index (χ3n) is 3.07. The number of unbranched alkanes of at least 4 members (excludes halogenated alkanes) is 6. The molecule has 0 spiro atoms. The Labute approximate surface area is 98.9 Å². The predicted octanol–water partition coefficient (Wildman–Crippen LogP) is 3.21. The predicted molar refractivity (Wildman–Crippen MR) is 65.4 cm³/mol. The van der Waals surface area contributed by atoms with Gasteiger partial charge in [-0.25, -0.2) is 0 Å². The van der Waals surface area contributed by atoms with Crippen molar-refractivity contribution in [2.24, 2.45) is 5.92 Å². The van der Waals surface area contributed by atoms with Gasteiger partial charge >= 0.3 is 5.97 Å². The SMILES string of the molecule is CCCCCCCCC[C@H](O)[C@@H](C)C(=O)O. The van der Waals surface area contributed by atoms with E-state index in [1.807, 2.05) is 0 Å². The third-order valence-corrected chi connectivity index (χ3v) is 3.07. The highest BCUT2D eigenvalue weighted by atomic mass is 16.4. The minimum Gasteiger partial charge on any atom is -0.481 e. The lowest BCUT2D eigenvalue weighted by Gasteiger charge is -2.14. The average Bonchev–Trinajstić information content (AvgIpc) is 2.26. The van der Waals surface area contributed by atoms with E-state index in [1.54, 1.807) is 6.92 Å². The number of rotatable bonds is 10. The van der Waals surface area contributed by atoms with Gasteiger partial charge in [0.25, 0.3) is 0 Å². The summed E-state index contributed by atoms with van der Waals surface area (Å²) in [4.78, 5) is 10.6. The minimum atomic E-state index is -0.907. The van der Waals surface area contributed by atoms with Crippen LogP contribution in [-0.2, 0) is 4.79 Å². The Morgan fingerprint density at radius 1 is 1.06 bits per heavy atom. The van der Waals surface area contributed by atoms with Gasteiger partial charge in [0.05, 0.1) is 12.0 Å². The molecule has 2 atom stereocenters. The molecular formula is C13H26O3. The van der Waals surface area contributed by atoms with Gasteiger partial charge in [-0.1, -0.05) is 51.9 Å². The lowest BCUT2D eigenvalue weighted by Crippen LogP contribution is -2.25. The van der Waals surface area contributed by atoms with Crippen molar-refractivity contribution < 1.29 is 15.0 Å². The van der Waals surface area contributed by atoms with Crippen LogP contribution in [0.25, 0.3) is 0 Å². The summed E-state index contributed by atoms with van der Waals surface area (Å²) in [5, 5.41) is 18.2. The Morgan fingerprint density at radius 2 is 1.56 bits per heavy atom. The highest BCUT2D eigenvalue weighted by Gasteiger charge is 2.20. The molecule has 0 radical (unpaired) electrons. The topological polar surface area (TPSA) is 57.5 Å². The maximum Gasteiger partial charge on any atom is 0.308 e. The molecule has 0 bridgehead atoms. The summed E-state index contributed by atoms with van der Waals surface area (Å²) in [6.07, 6.45) is 8.29. The smallest absolute Gasteiger partial charge is 0.308 e. The fourth-order valence-electron chi connectivity index (χ4n) is 1.73. The highest BCUT2D eigenvalue weighted by Crippen LogP contribution is 2.13. The van der Waals surface area contributed by atoms with Crippen molar-refractivity contribution in [2.45, 2.75) is 71.3 Å². The van der Waals surface area contributed by atoms with Crippen molar-refractivity contribution in [1.29, 1.82) is 0 Å². The molecular weight excluding hydrogens is 204 g/mol. The van der Waals surface area contributed by atoms with Crippen LogP contribution >= 0.6 is 0 Å². The van der Waals surface area contributed by atoms with E-state index in [1.165, 1.54) is 32.1 Å². The monoisotopic (exact) mass is 230 g/mol. The maximum atomic E-state index is 10.6. The second kappa shape index (κ2) is 9.64. The van der Waals surface area contributed by atoms with Crippen LogP contribution in [0.15, 0.2) is 0 Å². The van der Waals surface area contributed by atoms with Gasteiger partial charge in [0, 0.05) is 0 Å². The summed E-state index contributed by atoms with van der Waals surface area (Å²) in [5.41, 5.74) is 0. The molecule has 0 fully saturated rings. The van der Waals surface area contributed by atoms with Crippen LogP contribution in [0, 0.1) is 5.92 Å². The molecule has 0 aliphatic rings. The van der Waals surface area contributed by atoms with Crippen LogP contribution < -0.4 is 0 Å². The van der Waals surface area contributed by atoms with Crippen LogP contribution in [0.3, 0.4) is 0 Å². The Balaban J connectivity index is 3.34. The summed E-state index contributed by atoms with van der Waals surface area (Å²) in [5.74, 6) is -1.55. The summed E-state index contributed by atoms with van der Waals surface area (Å²) in [7, 11) is 0. The fraction of sp³-hybridized carbons (Fsp3) is 0.923. The van der Waals surface area contributed by atoms with Gasteiger partial charge in [-0.2, -0.15) is 0 Å². The summed E-state index contributed by atoms with van der Waals surface area (Å²) < 4.78 is 0. The summed E-state index contributed by atoms with van der Waals surface area (Å²) in [6, 6.07) is 0. The van der Waals surface area contributed by atoms with E-state index in [-0.39, 0.29) is 0 Å². The molecule has 0 saturated heterocycles. The molecule has 0 rings (SSSR count). The van der Waals surface area contributed by atoms with Crippen molar-refractivity contribution in [2.75, 3.05) is 0 Å². The first kappa shape index (κ1) is 15.4. The molecule has 0 amide bonds. The van der Waals surface area contributed by atoms with Crippen LogP contribution in [0.1, 0.15) is 65.2 Å². The molecule has 0 aliphatic carbocycles. The van der Waals surface area contributed by atoms with Gasteiger partial charge in [-0.05, 0) is 13.3 Å². The zero-order chi connectivity index (χ0) is 12.4. The van der Waals surface area contributed by atoms with Crippen LogP contribution in [0.2, 0.25) is 0 Å². The lowest BCUT2D eigenvalue weighted by molar-refractivity contribution is -0.144. The second-order valence-corrected chi connectivity index (χ2v) is 4.60. The minimum absolute atomic E-state index is 0.612. The standard InChI is InChI=1S/C13H26O3/c1-3-4-5-6-7-8-9-10-12(14)11(2)13(15)16/h11-12,14H,3-10H2,1-2H3,(H,15,16)/t11-,12+/m1/s1. The second-order valence-electron chi connectivity index (χ2n) is 4.60. The molecule has 3 heteroatoms. The summed E-state index contributed by atoms with van der Waals surface area (Å²) >= 11 is 0. The van der Waals surface area contributed by atoms with E-state index in [2.05, 4.69) is 6.92 Å². The van der Waals surface area contributed by atoms with E-state index in [9.17, 15) is 9.90 Å². The average molecular weight is 230 g/mol. The molecule has 0 aromatic rings. The van der Waals surface area contributed by atoms with Gasteiger partial charge in [-0.15, -0.1) is 0 Å². The zero-order valence-electron chi connectivity index (χ0n) is 10.6. The third kappa shape index (κ3) is 7.69. The number of aliphatic hydroxyl groups excluding tert-OH is 1. The molecule has 0 aliphatic heterocycles. The molecule has 0 heterocycles. The number of aliphatic hydroxyl groups is 1. The quantitative estimate of drug-likeness (QED) is 0.567. The van der Waals surface area contributed by atoms with E-state index >= 15 is 0 Å². The van der Waals surface area contributed by atoms with Gasteiger partial charge in [-0.3, -0.25) is 4.79 Å². The van der Waals surface area contributed by atoms with Crippen LogP contribution in [-0.4, -0.2) is 22.3 Å². The Bertz CT molecular complexity index is 180. The Kier molecular flexibility index (Phi) is 9.30. The lowest BCUT2D eigenvalue weighted by atomic mass is 9.98. The molecule has 96 valence electrons. The molecule has 0 aromatic carbocycles. The van der Waals surface area contributed by atoms with Gasteiger partial charge in [0.1, 0.15) is 0 Å². The van der Waals surface area contributed by atoms with E-state index in [4.69, 9.17) is 5.11 Å². The van der Waals surface area contributed by atoms with Gasteiger partial charge < -0.3 is 10.2 Å². The van der Waals surface area contributed by atoms with Gasteiger partial charge in [0.2, 0.25) is 0 Å². The number of aliphatic carboxylic acids is 1. The normalized spacial score (nSPS) is 14.7. The van der Waals surface area contributed by atoms with Crippen molar-refractivity contribution in [3.8, 4) is 0 Å². The number of carboxylic acid groups (broad SMARTS) is 1. The number of carbonyl (C=O) groups is 1. The molecule has 16 heavy (non-hydrogen) atoms. The van der Waals surface area contributed by atoms with Crippen LogP contribution in [0.4, 0.5) is 0 Å². The van der Waals surface area contributed by atoms with E-state index in [0.29, 0.717) is 6.42 Å². The highest BCUT2D eigenvalue weighted by molar-refractivity contribution is 5.70. The van der Waals surface area contributed by atoms with Crippen molar-refractivity contribution in [1.82, 2.24) is 0 Å². The molecule has 0 unspecified atom stereocenters. The van der Waals surface area contributed by atoms with Crippen molar-refractivity contribution >= 4 is 5.97 Å².